The molecule has 0 saturated heterocycles. The Labute approximate surface area is 100 Å². The van der Waals surface area contributed by atoms with E-state index in [-0.39, 0.29) is 5.02 Å². The lowest BCUT2D eigenvalue weighted by Gasteiger charge is -2.28. The van der Waals surface area contributed by atoms with Crippen LogP contribution in [0.15, 0.2) is 12.1 Å². The molecule has 0 aliphatic heterocycles. The van der Waals surface area contributed by atoms with Gasteiger partial charge < -0.3 is 10.6 Å². The smallest absolute Gasteiger partial charge is 0.143 e. The summed E-state index contributed by atoms with van der Waals surface area (Å²) in [5.41, 5.74) is 7.06. The number of nitrogens with zero attached hydrogens (tertiary/aromatic N) is 1. The lowest BCUT2D eigenvalue weighted by molar-refractivity contribution is 0.606. The monoisotopic (exact) mass is 242 g/mol. The molecule has 1 atom stereocenters. The van der Waals surface area contributed by atoms with Crippen molar-refractivity contribution in [2.24, 2.45) is 5.92 Å². The molecule has 4 heteroatoms. The zero-order chi connectivity index (χ0) is 11.9. The van der Waals surface area contributed by atoms with Crippen LogP contribution < -0.4 is 10.6 Å². The molecule has 0 amide bonds. The van der Waals surface area contributed by atoms with E-state index < -0.39 is 5.82 Å². The molecule has 0 heterocycles. The molecule has 2 N–H and O–H groups in total. The van der Waals surface area contributed by atoms with E-state index in [9.17, 15) is 4.39 Å². The first-order valence-corrected chi connectivity index (χ1v) is 5.86. The molecule has 0 spiro atoms. The van der Waals surface area contributed by atoms with Gasteiger partial charge in [0.2, 0.25) is 0 Å². The second kappa shape index (κ2) is 4.13. The lowest BCUT2D eigenvalue weighted by atomic mass is 10.1. The fraction of sp³-hybridized carbons (Fsp3) is 0.500. The Hall–Kier alpha value is -0.960. The van der Waals surface area contributed by atoms with Gasteiger partial charge in [-0.3, -0.25) is 0 Å². The number of halogens is 2. The molecule has 1 unspecified atom stereocenters. The highest BCUT2D eigenvalue weighted by Crippen LogP contribution is 2.38. The van der Waals surface area contributed by atoms with Crippen LogP contribution in [0.1, 0.15) is 19.8 Å². The van der Waals surface area contributed by atoms with Crippen molar-refractivity contribution >= 4 is 23.0 Å². The molecule has 88 valence electrons. The van der Waals surface area contributed by atoms with Crippen LogP contribution in [0.2, 0.25) is 5.02 Å². The van der Waals surface area contributed by atoms with Crippen molar-refractivity contribution in [2.75, 3.05) is 17.7 Å². The molecule has 0 aromatic heterocycles. The zero-order valence-corrected chi connectivity index (χ0v) is 10.3. The van der Waals surface area contributed by atoms with E-state index in [1.807, 2.05) is 7.05 Å². The van der Waals surface area contributed by atoms with Crippen molar-refractivity contribution in [3.8, 4) is 0 Å². The fourth-order valence-corrected chi connectivity index (χ4v) is 2.13. The third-order valence-electron chi connectivity index (χ3n) is 3.36. The average Bonchev–Trinajstić information content (AvgIpc) is 3.05. The summed E-state index contributed by atoms with van der Waals surface area (Å²) in [6.07, 6.45) is 2.53. The number of hydrogen-bond acceptors (Lipinski definition) is 2. The molecular weight excluding hydrogens is 227 g/mol. The van der Waals surface area contributed by atoms with Crippen LogP contribution in [0.5, 0.6) is 0 Å². The predicted octanol–water partition coefficient (Wildman–Crippen LogP) is 3.30. The Kier molecular flexibility index (Phi) is 2.98. The standard InChI is InChI=1S/C12H16ClFN2/c1-7(8-3-4-8)16(2)12-5-9(13)10(14)6-11(12)15/h5-8H,3-4,15H2,1-2H3. The molecule has 1 saturated carbocycles. The van der Waals surface area contributed by atoms with Crippen molar-refractivity contribution in [1.29, 1.82) is 0 Å². The summed E-state index contributed by atoms with van der Waals surface area (Å²) < 4.78 is 13.2. The summed E-state index contributed by atoms with van der Waals surface area (Å²) in [6, 6.07) is 3.31. The van der Waals surface area contributed by atoms with Gasteiger partial charge in [-0.25, -0.2) is 4.39 Å². The summed E-state index contributed by atoms with van der Waals surface area (Å²) in [7, 11) is 1.98. The second-order valence-electron chi connectivity index (χ2n) is 4.51. The summed E-state index contributed by atoms with van der Waals surface area (Å²) in [4.78, 5) is 2.08. The van der Waals surface area contributed by atoms with Gasteiger partial charge in [0.25, 0.3) is 0 Å². The maximum Gasteiger partial charge on any atom is 0.143 e. The van der Waals surface area contributed by atoms with E-state index in [0.29, 0.717) is 11.7 Å². The Morgan fingerprint density at radius 1 is 1.50 bits per heavy atom. The van der Waals surface area contributed by atoms with Gasteiger partial charge in [0, 0.05) is 19.2 Å². The molecule has 0 bridgehead atoms. The van der Waals surface area contributed by atoms with Crippen LogP contribution in [-0.2, 0) is 0 Å². The van der Waals surface area contributed by atoms with Crippen LogP contribution >= 0.6 is 11.6 Å². The van der Waals surface area contributed by atoms with Crippen LogP contribution in [0.25, 0.3) is 0 Å². The van der Waals surface area contributed by atoms with Crippen molar-refractivity contribution in [1.82, 2.24) is 0 Å². The highest BCUT2D eigenvalue weighted by atomic mass is 35.5. The van der Waals surface area contributed by atoms with E-state index in [1.165, 1.54) is 18.9 Å². The number of nitrogens with two attached hydrogens (primary N) is 1. The Balaban J connectivity index is 2.28. The summed E-state index contributed by atoms with van der Waals surface area (Å²) >= 11 is 5.77. The van der Waals surface area contributed by atoms with Gasteiger partial charge in [-0.1, -0.05) is 11.6 Å². The van der Waals surface area contributed by atoms with Gasteiger partial charge in [-0.2, -0.15) is 0 Å². The van der Waals surface area contributed by atoms with Gasteiger partial charge in [-0.05, 0) is 31.7 Å². The summed E-state index contributed by atoms with van der Waals surface area (Å²) in [5, 5.41) is 0.124. The minimum Gasteiger partial charge on any atom is -0.397 e. The molecular formula is C12H16ClFN2. The molecule has 1 fully saturated rings. The van der Waals surface area contributed by atoms with Crippen molar-refractivity contribution in [3.63, 3.8) is 0 Å². The highest BCUT2D eigenvalue weighted by Gasteiger charge is 2.31. The van der Waals surface area contributed by atoms with Crippen molar-refractivity contribution in [3.05, 3.63) is 23.0 Å². The summed E-state index contributed by atoms with van der Waals surface area (Å²) in [5.74, 6) is 0.267. The zero-order valence-electron chi connectivity index (χ0n) is 9.50. The van der Waals surface area contributed by atoms with Gasteiger partial charge >= 0.3 is 0 Å². The SMILES string of the molecule is CC(C1CC1)N(C)c1cc(Cl)c(F)cc1N. The van der Waals surface area contributed by atoms with E-state index >= 15 is 0 Å². The van der Waals surface area contributed by atoms with E-state index in [0.717, 1.165) is 11.6 Å². The minimum atomic E-state index is -0.463. The lowest BCUT2D eigenvalue weighted by Crippen LogP contribution is -2.31. The van der Waals surface area contributed by atoms with E-state index in [4.69, 9.17) is 17.3 Å². The quantitative estimate of drug-likeness (QED) is 0.825. The third kappa shape index (κ3) is 2.09. The molecule has 2 nitrogen and oxygen atoms in total. The number of rotatable bonds is 3. The maximum atomic E-state index is 13.2. The number of nitrogen functional groups attached to an aromatic ring is 1. The highest BCUT2D eigenvalue weighted by molar-refractivity contribution is 6.31. The van der Waals surface area contributed by atoms with E-state index in [2.05, 4.69) is 11.8 Å². The third-order valence-corrected chi connectivity index (χ3v) is 3.65. The largest absolute Gasteiger partial charge is 0.397 e. The van der Waals surface area contributed by atoms with Crippen LogP contribution in [0.4, 0.5) is 15.8 Å². The van der Waals surface area contributed by atoms with Gasteiger partial charge in [0.05, 0.1) is 16.4 Å². The first-order valence-electron chi connectivity index (χ1n) is 5.48. The molecule has 2 rings (SSSR count). The number of benzene rings is 1. The summed E-state index contributed by atoms with van der Waals surface area (Å²) in [6.45, 7) is 2.16. The first kappa shape index (κ1) is 11.5. The molecule has 1 aromatic carbocycles. The van der Waals surface area contributed by atoms with Crippen LogP contribution in [-0.4, -0.2) is 13.1 Å². The maximum absolute atomic E-state index is 13.2. The van der Waals surface area contributed by atoms with Crippen molar-refractivity contribution < 1.29 is 4.39 Å². The molecule has 1 aromatic rings. The predicted molar refractivity (Wildman–Crippen MR) is 66.4 cm³/mol. The Bertz CT molecular complexity index is 404. The topological polar surface area (TPSA) is 29.3 Å². The average molecular weight is 243 g/mol. The van der Waals surface area contributed by atoms with Gasteiger partial charge in [0.1, 0.15) is 5.82 Å². The Morgan fingerprint density at radius 3 is 2.69 bits per heavy atom. The molecule has 0 radical (unpaired) electrons. The Morgan fingerprint density at radius 2 is 2.12 bits per heavy atom. The minimum absolute atomic E-state index is 0.124. The van der Waals surface area contributed by atoms with Crippen LogP contribution in [0, 0.1) is 11.7 Å². The van der Waals surface area contributed by atoms with Gasteiger partial charge in [0.15, 0.2) is 0 Å². The number of hydrogen-bond donors (Lipinski definition) is 1. The van der Waals surface area contributed by atoms with Gasteiger partial charge in [-0.15, -0.1) is 0 Å². The first-order chi connectivity index (χ1) is 7.50. The number of anilines is 2. The van der Waals surface area contributed by atoms with Crippen molar-refractivity contribution in [2.45, 2.75) is 25.8 Å². The molecule has 1 aliphatic rings. The molecule has 1 aliphatic carbocycles. The fourth-order valence-electron chi connectivity index (χ4n) is 1.97. The van der Waals surface area contributed by atoms with E-state index in [1.54, 1.807) is 6.07 Å². The second-order valence-corrected chi connectivity index (χ2v) is 4.92. The normalized spacial score (nSPS) is 17.2. The van der Waals surface area contributed by atoms with Crippen LogP contribution in [0.3, 0.4) is 0 Å². The molecule has 16 heavy (non-hydrogen) atoms.